The smallest absolute Gasteiger partial charge is 0.508 e. The molecule has 13 aromatic rings. The van der Waals surface area contributed by atoms with E-state index in [2.05, 4.69) is 255 Å². The fraction of sp³-hybridized carbons (Fsp3) is 0.0641. The number of nitrogens with zero attached hydrogens (tertiary/aromatic N) is 1. The number of phenolic OH excluding ortho intramolecular Hbond substituents is 1. The van der Waals surface area contributed by atoms with Crippen molar-refractivity contribution in [1.29, 1.82) is 0 Å². The Bertz CT molecular complexity index is 4920. The summed E-state index contributed by atoms with van der Waals surface area (Å²) in [5.74, 6) is 0.297. The summed E-state index contributed by atoms with van der Waals surface area (Å²) in [5, 5.41) is 15.2. The van der Waals surface area contributed by atoms with E-state index in [0.29, 0.717) is 5.75 Å². The molecule has 12 aromatic carbocycles. The highest BCUT2D eigenvalue weighted by Gasteiger charge is 2.58. The summed E-state index contributed by atoms with van der Waals surface area (Å²) < 4.78 is 110. The van der Waals surface area contributed by atoms with E-state index in [1.807, 2.05) is 34.0 Å². The molecule has 0 aliphatic heterocycles. The van der Waals surface area contributed by atoms with Crippen molar-refractivity contribution in [2.45, 2.75) is 28.8 Å². The maximum atomic E-state index is 11.4. The normalized spacial score (nSPS) is 13.8. The number of benzene rings is 12. The lowest BCUT2D eigenvalue weighted by Crippen LogP contribution is -2.34. The summed E-state index contributed by atoms with van der Waals surface area (Å²) in [6.07, 6.45) is 3.50. The average Bonchev–Trinajstić information content (AvgIpc) is 1.52. The largest absolute Gasteiger partial charge is 0.524 e. The van der Waals surface area contributed by atoms with Gasteiger partial charge in [-0.15, -0.1) is 3.63 Å². The van der Waals surface area contributed by atoms with Crippen molar-refractivity contribution in [3.8, 4) is 72.5 Å². The lowest BCUT2D eigenvalue weighted by Gasteiger charge is -2.31. The number of halogens is 6. The van der Waals surface area contributed by atoms with Gasteiger partial charge in [0.05, 0.1) is 10.8 Å². The van der Waals surface area contributed by atoms with Gasteiger partial charge in [-0.05, 0) is 176 Å². The molecule has 1 N–H and O–H groups in total. The minimum atomic E-state index is -6.85. The first-order chi connectivity index (χ1) is 44.7. The van der Waals surface area contributed by atoms with Crippen LogP contribution in [0.4, 0.5) is 26.3 Å². The topological polar surface area (TPSA) is 111 Å². The predicted molar refractivity (Wildman–Crippen MR) is 353 cm³/mol. The van der Waals surface area contributed by atoms with Crippen LogP contribution < -0.4 is 0 Å². The number of aryl methyl sites for hydroxylation is 1. The van der Waals surface area contributed by atoms with Gasteiger partial charge in [-0.2, -0.15) is 43.2 Å². The molecule has 15 heteroatoms. The summed E-state index contributed by atoms with van der Waals surface area (Å²) >= 11 is 0. The van der Waals surface area contributed by atoms with E-state index in [-0.39, 0.29) is 5.41 Å². The first-order valence-corrected chi connectivity index (χ1v) is 32.3. The van der Waals surface area contributed by atoms with Gasteiger partial charge < -0.3 is 5.11 Å². The summed E-state index contributed by atoms with van der Waals surface area (Å²) in [5.41, 5.74) is 14.5. The summed E-state index contributed by atoms with van der Waals surface area (Å²) in [4.78, 5) is 3.78. The Morgan fingerprint density at radius 1 is 0.344 bits per heavy atom. The van der Waals surface area contributed by atoms with Crippen LogP contribution in [0.25, 0.3) is 88.3 Å². The number of pyridine rings is 1. The summed E-state index contributed by atoms with van der Waals surface area (Å²) in [7, 11) is -13.7. The zero-order valence-corrected chi connectivity index (χ0v) is 50.8. The van der Waals surface area contributed by atoms with Gasteiger partial charge in [0, 0.05) is 12.4 Å². The molecular formula is C78H51F6NO6S2. The van der Waals surface area contributed by atoms with Crippen molar-refractivity contribution in [2.24, 2.45) is 0 Å². The highest BCUT2D eigenvalue weighted by molar-refractivity contribution is 8.00. The minimum Gasteiger partial charge on any atom is -0.508 e. The van der Waals surface area contributed by atoms with E-state index in [1.54, 1.807) is 12.4 Å². The number of hydrogen-bond acceptors (Lipinski definition) is 7. The van der Waals surface area contributed by atoms with Crippen LogP contribution in [0.3, 0.4) is 0 Å². The number of phenols is 1. The minimum absolute atomic E-state index is 0.297. The standard InChI is InChI=1S/C36H24.C35H22O.C5H5N.C2F6O5S2/c1-23-15-18-27-26(21-23)17-20-31-30-19-16-25(24-9-3-2-4-10-24)22-34(30)36(35(27)31)32-13-7-5-11-28(32)29-12-6-8-14-33(29)36;36-25-16-19-26-24(20-25)15-18-30-29-17-14-23(22-8-2-1-3-9-22)21-33(29)35(34(26)30)31-12-6-4-10-27(31)28-11-5-7-13-32(28)35;1-2-4-6-5-3-1;3-1(4,5)14(9,10)13-15(11,12)2(6,7)8/h2-22H,1H3;1-21,36H;1-5H;. The van der Waals surface area contributed by atoms with Crippen molar-refractivity contribution in [3.05, 3.63) is 335 Å². The third-order valence-corrected chi connectivity index (χ3v) is 20.4. The van der Waals surface area contributed by atoms with Crippen LogP contribution in [-0.2, 0) is 34.7 Å². The number of hydrogen-bond donors (Lipinski definition) is 1. The number of rotatable bonds is 4. The number of aromatic nitrogens is 1. The maximum Gasteiger partial charge on any atom is 0.524 e. The number of alkyl halides is 6. The highest BCUT2D eigenvalue weighted by Crippen LogP contribution is 2.66. The van der Waals surface area contributed by atoms with Gasteiger partial charge in [-0.25, -0.2) is 0 Å². The highest BCUT2D eigenvalue weighted by atomic mass is 32.3. The van der Waals surface area contributed by atoms with E-state index in [1.165, 1.54) is 133 Å². The molecule has 4 aliphatic carbocycles. The Balaban J connectivity index is 0.000000124. The van der Waals surface area contributed by atoms with Crippen molar-refractivity contribution < 1.29 is 51.9 Å². The van der Waals surface area contributed by atoms with Crippen LogP contribution in [0, 0.1) is 6.92 Å². The van der Waals surface area contributed by atoms with Gasteiger partial charge >= 0.3 is 31.3 Å². The second-order valence-corrected chi connectivity index (χ2v) is 26.2. The fourth-order valence-corrected chi connectivity index (χ4v) is 15.7. The molecule has 0 radical (unpaired) electrons. The molecule has 7 nitrogen and oxygen atoms in total. The van der Waals surface area contributed by atoms with Gasteiger partial charge in [-0.1, -0.05) is 242 Å². The second kappa shape index (κ2) is 22.7. The zero-order chi connectivity index (χ0) is 64.7. The predicted octanol–water partition coefficient (Wildman–Crippen LogP) is 19.5. The molecule has 0 bridgehead atoms. The van der Waals surface area contributed by atoms with E-state index in [4.69, 9.17) is 0 Å². The molecule has 0 amide bonds. The molecule has 1 aromatic heterocycles. The molecule has 4 aliphatic rings. The zero-order valence-electron chi connectivity index (χ0n) is 49.2. The fourth-order valence-electron chi connectivity index (χ4n) is 14.2. The Morgan fingerprint density at radius 2 is 0.688 bits per heavy atom. The lowest BCUT2D eigenvalue weighted by molar-refractivity contribution is -0.0585. The molecule has 458 valence electrons. The summed E-state index contributed by atoms with van der Waals surface area (Å²) in [6, 6.07) is 98.9. The van der Waals surface area contributed by atoms with Gasteiger partial charge in [0.2, 0.25) is 0 Å². The van der Waals surface area contributed by atoms with E-state index >= 15 is 0 Å². The van der Waals surface area contributed by atoms with E-state index < -0.39 is 36.7 Å². The molecular weight excluding hydrogens is 1220 g/mol. The quantitative estimate of drug-likeness (QED) is 0.138. The lowest BCUT2D eigenvalue weighted by atomic mass is 9.69. The molecule has 0 fully saturated rings. The molecule has 1 heterocycles. The van der Waals surface area contributed by atoms with Crippen LogP contribution in [0.15, 0.2) is 285 Å². The van der Waals surface area contributed by atoms with Crippen LogP contribution >= 0.6 is 0 Å². The first-order valence-electron chi connectivity index (χ1n) is 29.5. The van der Waals surface area contributed by atoms with Gasteiger partial charge in [0.1, 0.15) is 5.75 Å². The van der Waals surface area contributed by atoms with Crippen molar-refractivity contribution >= 4 is 41.8 Å². The third kappa shape index (κ3) is 9.79. The van der Waals surface area contributed by atoms with Crippen LogP contribution in [0.2, 0.25) is 0 Å². The first kappa shape index (κ1) is 60.1. The van der Waals surface area contributed by atoms with Crippen LogP contribution in [-0.4, -0.2) is 37.9 Å². The van der Waals surface area contributed by atoms with Crippen molar-refractivity contribution in [3.63, 3.8) is 0 Å². The molecule has 93 heavy (non-hydrogen) atoms. The molecule has 0 atom stereocenters. The number of aromatic hydroxyl groups is 1. The molecule has 2 spiro atoms. The second-order valence-electron chi connectivity index (χ2n) is 22.9. The molecule has 17 rings (SSSR count). The Hall–Kier alpha value is -10.5. The molecule has 0 unspecified atom stereocenters. The SMILES string of the molecule is Cc1ccc2c3c(ccc2c1)-c1ccc(-c2ccccc2)cc1C31c2ccccc2-c2ccccc21.O=S(=O)(OS(=O)(=O)C(F)(F)F)C(F)(F)F.Oc1ccc2c3c(ccc2c1)-c1ccc(-c2ccccc2)cc1C31c2ccccc2-c2ccccc21.c1ccncc1. The Kier molecular flexibility index (Phi) is 14.7. The maximum absolute atomic E-state index is 11.4. The molecule has 0 saturated carbocycles. The molecule has 0 saturated heterocycles. The van der Waals surface area contributed by atoms with E-state index in [0.717, 1.165) is 5.39 Å². The Labute approximate surface area is 532 Å². The number of fused-ring (bicyclic) bond motifs is 24. The van der Waals surface area contributed by atoms with Gasteiger partial charge in [-0.3, -0.25) is 4.98 Å². The average molecular weight is 1280 g/mol. The van der Waals surface area contributed by atoms with Crippen molar-refractivity contribution in [2.75, 3.05) is 0 Å². The van der Waals surface area contributed by atoms with Crippen molar-refractivity contribution in [1.82, 2.24) is 4.98 Å². The monoisotopic (exact) mass is 1280 g/mol. The van der Waals surface area contributed by atoms with E-state index in [9.17, 15) is 48.3 Å². The van der Waals surface area contributed by atoms with Crippen LogP contribution in [0.1, 0.15) is 50.1 Å². The van der Waals surface area contributed by atoms with Crippen LogP contribution in [0.5, 0.6) is 5.75 Å². The van der Waals surface area contributed by atoms with Gasteiger partial charge in [0.15, 0.2) is 0 Å². The van der Waals surface area contributed by atoms with Gasteiger partial charge in [0.25, 0.3) is 0 Å². The third-order valence-electron chi connectivity index (χ3n) is 17.8. The Morgan fingerprint density at radius 3 is 1.06 bits per heavy atom. The summed E-state index contributed by atoms with van der Waals surface area (Å²) in [6.45, 7) is 2.18.